The number of hydrogen-bond donors (Lipinski definition) is 1. The van der Waals surface area contributed by atoms with Gasteiger partial charge in [0.15, 0.2) is 5.78 Å². The quantitative estimate of drug-likeness (QED) is 0.509. The summed E-state index contributed by atoms with van der Waals surface area (Å²) in [6, 6.07) is 14.5. The topological polar surface area (TPSA) is 29.1 Å². The molecule has 0 aromatic heterocycles. The number of ketones is 1. The monoisotopic (exact) mass is 347 g/mol. The molecule has 0 spiro atoms. The molecule has 2 heteroatoms. The van der Waals surface area contributed by atoms with Crippen LogP contribution in [0.15, 0.2) is 54.2 Å². The number of para-hydroxylation sites is 1. The number of aryl methyl sites for hydroxylation is 1. The lowest BCUT2D eigenvalue weighted by Gasteiger charge is -2.20. The predicted octanol–water partition coefficient (Wildman–Crippen LogP) is 6.45. The standard InChI is InChI=1S/C24H29NO/c1-16(2)20-13-8-14-21(17(3)4)23(20)25-15-19-11-7-10-18-9-5-6-12-22(18)24(19)26/h5-6,8-9,12-17,25H,7,10-11H2,1-4H3/b19-15+. The van der Waals surface area contributed by atoms with Crippen LogP contribution in [0.5, 0.6) is 0 Å². The maximum atomic E-state index is 13.0. The van der Waals surface area contributed by atoms with E-state index in [1.165, 1.54) is 16.7 Å². The van der Waals surface area contributed by atoms with Crippen molar-refractivity contribution in [1.29, 1.82) is 0 Å². The molecule has 0 amide bonds. The number of carbonyl (C=O) groups is 1. The van der Waals surface area contributed by atoms with Crippen LogP contribution in [0.2, 0.25) is 0 Å². The molecule has 2 nitrogen and oxygen atoms in total. The first kappa shape index (κ1) is 18.4. The Bertz CT molecular complexity index is 804. The zero-order valence-electron chi connectivity index (χ0n) is 16.3. The zero-order valence-corrected chi connectivity index (χ0v) is 16.3. The number of carbonyl (C=O) groups excluding carboxylic acids is 1. The van der Waals surface area contributed by atoms with Gasteiger partial charge in [-0.3, -0.25) is 4.79 Å². The smallest absolute Gasteiger partial charge is 0.190 e. The van der Waals surface area contributed by atoms with Crippen LogP contribution < -0.4 is 5.32 Å². The molecule has 0 radical (unpaired) electrons. The van der Waals surface area contributed by atoms with Crippen molar-refractivity contribution < 1.29 is 4.79 Å². The van der Waals surface area contributed by atoms with Crippen molar-refractivity contribution in [3.05, 3.63) is 76.5 Å². The Morgan fingerprint density at radius 1 is 0.885 bits per heavy atom. The van der Waals surface area contributed by atoms with Gasteiger partial charge in [-0.25, -0.2) is 0 Å². The molecule has 1 aliphatic carbocycles. The summed E-state index contributed by atoms with van der Waals surface area (Å²) in [5.41, 5.74) is 6.67. The number of nitrogens with one attached hydrogen (secondary N) is 1. The van der Waals surface area contributed by atoms with Crippen LogP contribution in [0, 0.1) is 0 Å². The van der Waals surface area contributed by atoms with Crippen LogP contribution in [0.3, 0.4) is 0 Å². The fraction of sp³-hybridized carbons (Fsp3) is 0.375. The summed E-state index contributed by atoms with van der Waals surface area (Å²) in [7, 11) is 0. The second-order valence-corrected chi connectivity index (χ2v) is 7.77. The van der Waals surface area contributed by atoms with E-state index in [2.05, 4.69) is 57.3 Å². The molecule has 1 aliphatic rings. The highest BCUT2D eigenvalue weighted by molar-refractivity contribution is 6.10. The molecule has 0 fully saturated rings. The van der Waals surface area contributed by atoms with Crippen molar-refractivity contribution in [2.75, 3.05) is 5.32 Å². The van der Waals surface area contributed by atoms with E-state index in [9.17, 15) is 4.79 Å². The normalized spacial score (nSPS) is 16.1. The zero-order chi connectivity index (χ0) is 18.7. The van der Waals surface area contributed by atoms with Gasteiger partial charge < -0.3 is 5.32 Å². The molecule has 136 valence electrons. The van der Waals surface area contributed by atoms with E-state index in [-0.39, 0.29) is 5.78 Å². The van der Waals surface area contributed by atoms with Crippen molar-refractivity contribution in [2.45, 2.75) is 58.8 Å². The van der Waals surface area contributed by atoms with E-state index in [0.29, 0.717) is 11.8 Å². The first-order valence-corrected chi connectivity index (χ1v) is 9.70. The van der Waals surface area contributed by atoms with Gasteiger partial charge in [0.25, 0.3) is 0 Å². The van der Waals surface area contributed by atoms with E-state index in [0.717, 1.165) is 36.1 Å². The Morgan fingerprint density at radius 3 is 2.19 bits per heavy atom. The third-order valence-electron chi connectivity index (χ3n) is 5.21. The number of fused-ring (bicyclic) bond motifs is 1. The number of benzene rings is 2. The number of rotatable bonds is 4. The van der Waals surface area contributed by atoms with Crippen molar-refractivity contribution in [2.24, 2.45) is 0 Å². The highest BCUT2D eigenvalue weighted by Gasteiger charge is 2.20. The van der Waals surface area contributed by atoms with Gasteiger partial charge in [-0.05, 0) is 47.8 Å². The van der Waals surface area contributed by atoms with Crippen LogP contribution in [0.4, 0.5) is 5.69 Å². The summed E-state index contributed by atoms with van der Waals surface area (Å²) in [4.78, 5) is 13.0. The second kappa shape index (κ2) is 7.90. The predicted molar refractivity (Wildman–Crippen MR) is 110 cm³/mol. The number of Topliss-reactive ketones (excluding diaryl/α,β-unsaturated/α-hetero) is 1. The summed E-state index contributed by atoms with van der Waals surface area (Å²) in [6.45, 7) is 8.85. The van der Waals surface area contributed by atoms with E-state index in [1.54, 1.807) is 0 Å². The molecule has 0 saturated carbocycles. The lowest BCUT2D eigenvalue weighted by molar-refractivity contribution is 0.103. The minimum atomic E-state index is 0.165. The molecule has 2 aromatic carbocycles. The molecule has 0 atom stereocenters. The van der Waals surface area contributed by atoms with Gasteiger partial charge >= 0.3 is 0 Å². The molecular weight excluding hydrogens is 318 g/mol. The Morgan fingerprint density at radius 2 is 1.54 bits per heavy atom. The maximum absolute atomic E-state index is 13.0. The lowest BCUT2D eigenvalue weighted by atomic mass is 9.92. The van der Waals surface area contributed by atoms with E-state index < -0.39 is 0 Å². The first-order valence-electron chi connectivity index (χ1n) is 9.70. The SMILES string of the molecule is CC(C)c1cccc(C(C)C)c1N/C=C1\CCCc2ccccc2C1=O. The van der Waals surface area contributed by atoms with Crippen molar-refractivity contribution in [1.82, 2.24) is 0 Å². The molecule has 0 bridgehead atoms. The molecule has 0 heterocycles. The third kappa shape index (κ3) is 3.75. The van der Waals surface area contributed by atoms with Crippen LogP contribution in [-0.2, 0) is 6.42 Å². The lowest BCUT2D eigenvalue weighted by Crippen LogP contribution is -2.08. The maximum Gasteiger partial charge on any atom is 0.190 e. The summed E-state index contributed by atoms with van der Waals surface area (Å²) < 4.78 is 0. The minimum Gasteiger partial charge on any atom is -0.361 e. The fourth-order valence-electron chi connectivity index (χ4n) is 3.73. The Hall–Kier alpha value is -2.35. The van der Waals surface area contributed by atoms with Gasteiger partial charge in [-0.15, -0.1) is 0 Å². The molecule has 0 saturated heterocycles. The highest BCUT2D eigenvalue weighted by atomic mass is 16.1. The number of allylic oxidation sites excluding steroid dienone is 1. The summed E-state index contributed by atoms with van der Waals surface area (Å²) >= 11 is 0. The molecule has 0 aliphatic heterocycles. The van der Waals surface area contributed by atoms with Gasteiger partial charge in [-0.2, -0.15) is 0 Å². The van der Waals surface area contributed by atoms with Gasteiger partial charge in [0.2, 0.25) is 0 Å². The first-order chi connectivity index (χ1) is 12.5. The van der Waals surface area contributed by atoms with E-state index >= 15 is 0 Å². The Kier molecular flexibility index (Phi) is 5.61. The van der Waals surface area contributed by atoms with Gasteiger partial charge in [0.05, 0.1) is 0 Å². The largest absolute Gasteiger partial charge is 0.361 e. The van der Waals surface area contributed by atoms with Crippen molar-refractivity contribution in [3.8, 4) is 0 Å². The van der Waals surface area contributed by atoms with Crippen molar-refractivity contribution in [3.63, 3.8) is 0 Å². The third-order valence-corrected chi connectivity index (χ3v) is 5.21. The number of hydrogen-bond acceptors (Lipinski definition) is 2. The molecule has 0 unspecified atom stereocenters. The van der Waals surface area contributed by atoms with E-state index in [4.69, 9.17) is 0 Å². The minimum absolute atomic E-state index is 0.165. The van der Waals surface area contributed by atoms with Crippen molar-refractivity contribution >= 4 is 11.5 Å². The van der Waals surface area contributed by atoms with E-state index in [1.807, 2.05) is 24.4 Å². The molecule has 26 heavy (non-hydrogen) atoms. The highest BCUT2D eigenvalue weighted by Crippen LogP contribution is 2.33. The Labute approximate surface area is 157 Å². The van der Waals surface area contributed by atoms with Gasteiger partial charge in [0, 0.05) is 23.0 Å². The second-order valence-electron chi connectivity index (χ2n) is 7.77. The Balaban J connectivity index is 1.96. The van der Waals surface area contributed by atoms with Crippen LogP contribution in [-0.4, -0.2) is 5.78 Å². The average molecular weight is 348 g/mol. The fourth-order valence-corrected chi connectivity index (χ4v) is 3.73. The number of anilines is 1. The summed E-state index contributed by atoms with van der Waals surface area (Å²) in [5, 5.41) is 3.52. The van der Waals surface area contributed by atoms with Crippen LogP contribution in [0.1, 0.15) is 79.4 Å². The molecular formula is C24H29NO. The summed E-state index contributed by atoms with van der Waals surface area (Å²) in [5.74, 6) is 1.03. The molecule has 1 N–H and O–H groups in total. The van der Waals surface area contributed by atoms with Crippen LogP contribution >= 0.6 is 0 Å². The van der Waals surface area contributed by atoms with Crippen LogP contribution in [0.25, 0.3) is 0 Å². The molecule has 2 aromatic rings. The van der Waals surface area contributed by atoms with Gasteiger partial charge in [0.1, 0.15) is 0 Å². The molecule has 3 rings (SSSR count). The average Bonchev–Trinajstić information content (AvgIpc) is 2.78. The van der Waals surface area contributed by atoms with Gasteiger partial charge in [-0.1, -0.05) is 70.2 Å². The summed E-state index contributed by atoms with van der Waals surface area (Å²) in [6.07, 6.45) is 4.76.